The number of nitrogens with one attached hydrogen (secondary N) is 1. The lowest BCUT2D eigenvalue weighted by molar-refractivity contribution is -0.116. The summed E-state index contributed by atoms with van der Waals surface area (Å²) in [6.07, 6.45) is 1.12. The molecule has 0 saturated carbocycles. The zero-order valence-corrected chi connectivity index (χ0v) is 12.8. The van der Waals surface area contributed by atoms with Crippen molar-refractivity contribution < 1.29 is 9.21 Å². The van der Waals surface area contributed by atoms with Gasteiger partial charge in [0, 0.05) is 23.6 Å². The molecule has 4 heteroatoms. The minimum Gasteiger partial charge on any atom is -0.423 e. The molecule has 0 saturated heterocycles. The standard InChI is InChI=1S/C19H17NO3/c1-13-2-4-14(5-3-13)6-10-18(21)20-16-8-9-17-15(12-16)7-11-19(22)23-17/h2-5,7-9,11-12H,6,10H2,1H3,(H,20,21). The summed E-state index contributed by atoms with van der Waals surface area (Å²) in [5.41, 5.74) is 3.18. The molecule has 0 aliphatic rings. The van der Waals surface area contributed by atoms with E-state index in [2.05, 4.69) is 5.32 Å². The Balaban J connectivity index is 1.64. The highest BCUT2D eigenvalue weighted by Crippen LogP contribution is 2.18. The van der Waals surface area contributed by atoms with Crippen molar-refractivity contribution >= 4 is 22.6 Å². The smallest absolute Gasteiger partial charge is 0.336 e. The fraction of sp³-hybridized carbons (Fsp3) is 0.158. The molecule has 3 aromatic rings. The quantitative estimate of drug-likeness (QED) is 0.748. The van der Waals surface area contributed by atoms with Crippen molar-refractivity contribution in [3.63, 3.8) is 0 Å². The number of hydrogen-bond acceptors (Lipinski definition) is 3. The molecule has 1 amide bonds. The zero-order valence-electron chi connectivity index (χ0n) is 12.8. The second kappa shape index (κ2) is 6.48. The van der Waals surface area contributed by atoms with Crippen LogP contribution < -0.4 is 10.9 Å². The summed E-state index contributed by atoms with van der Waals surface area (Å²) >= 11 is 0. The summed E-state index contributed by atoms with van der Waals surface area (Å²) in [4.78, 5) is 23.2. The first-order valence-electron chi connectivity index (χ1n) is 7.49. The summed E-state index contributed by atoms with van der Waals surface area (Å²) in [6.45, 7) is 2.04. The van der Waals surface area contributed by atoms with E-state index in [-0.39, 0.29) is 11.5 Å². The van der Waals surface area contributed by atoms with Crippen molar-refractivity contribution in [2.45, 2.75) is 19.8 Å². The molecule has 1 aromatic heterocycles. The first-order valence-corrected chi connectivity index (χ1v) is 7.49. The Kier molecular flexibility index (Phi) is 4.24. The molecular weight excluding hydrogens is 290 g/mol. The molecule has 4 nitrogen and oxygen atoms in total. The van der Waals surface area contributed by atoms with Crippen molar-refractivity contribution in [3.8, 4) is 0 Å². The monoisotopic (exact) mass is 307 g/mol. The van der Waals surface area contributed by atoms with E-state index in [1.54, 1.807) is 24.3 Å². The van der Waals surface area contributed by atoms with E-state index >= 15 is 0 Å². The van der Waals surface area contributed by atoms with E-state index in [4.69, 9.17) is 4.42 Å². The molecule has 116 valence electrons. The lowest BCUT2D eigenvalue weighted by atomic mass is 10.1. The molecule has 0 fully saturated rings. The number of carbonyl (C=O) groups excluding carboxylic acids is 1. The summed E-state index contributed by atoms with van der Waals surface area (Å²) < 4.78 is 5.07. The average molecular weight is 307 g/mol. The highest BCUT2D eigenvalue weighted by atomic mass is 16.4. The van der Waals surface area contributed by atoms with E-state index in [0.717, 1.165) is 10.9 Å². The third-order valence-corrected chi connectivity index (χ3v) is 3.66. The molecule has 0 bridgehead atoms. The highest BCUT2D eigenvalue weighted by molar-refractivity contribution is 5.93. The normalized spacial score (nSPS) is 10.7. The first kappa shape index (κ1) is 15.0. The largest absolute Gasteiger partial charge is 0.423 e. The molecular formula is C19H17NO3. The topological polar surface area (TPSA) is 59.3 Å². The summed E-state index contributed by atoms with van der Waals surface area (Å²) in [7, 11) is 0. The van der Waals surface area contributed by atoms with Crippen molar-refractivity contribution in [1.29, 1.82) is 0 Å². The molecule has 0 aliphatic carbocycles. The van der Waals surface area contributed by atoms with Crippen LogP contribution in [0.5, 0.6) is 0 Å². The van der Waals surface area contributed by atoms with Crippen LogP contribution in [0.1, 0.15) is 17.5 Å². The average Bonchev–Trinajstić information content (AvgIpc) is 2.54. The Labute approximate surface area is 133 Å². The van der Waals surface area contributed by atoms with Gasteiger partial charge in [0.15, 0.2) is 0 Å². The SMILES string of the molecule is Cc1ccc(CCC(=O)Nc2ccc3oc(=O)ccc3c2)cc1. The van der Waals surface area contributed by atoms with Crippen LogP contribution in [0.15, 0.2) is 63.8 Å². The number of benzene rings is 2. The third kappa shape index (κ3) is 3.86. The maximum Gasteiger partial charge on any atom is 0.336 e. The molecule has 0 spiro atoms. The highest BCUT2D eigenvalue weighted by Gasteiger charge is 2.05. The van der Waals surface area contributed by atoms with Crippen molar-refractivity contribution in [2.24, 2.45) is 0 Å². The molecule has 0 atom stereocenters. The van der Waals surface area contributed by atoms with Crippen LogP contribution in [0.4, 0.5) is 5.69 Å². The predicted octanol–water partition coefficient (Wildman–Crippen LogP) is 3.67. The van der Waals surface area contributed by atoms with E-state index in [1.165, 1.54) is 11.6 Å². The number of carbonyl (C=O) groups is 1. The Morgan fingerprint density at radius 1 is 1.04 bits per heavy atom. The van der Waals surface area contributed by atoms with Gasteiger partial charge >= 0.3 is 5.63 Å². The fourth-order valence-electron chi connectivity index (χ4n) is 2.39. The second-order valence-electron chi connectivity index (χ2n) is 5.54. The number of aryl methyl sites for hydroxylation is 2. The zero-order chi connectivity index (χ0) is 16.2. The number of hydrogen-bond donors (Lipinski definition) is 1. The van der Waals surface area contributed by atoms with Crippen LogP contribution in [0, 0.1) is 6.92 Å². The summed E-state index contributed by atoms with van der Waals surface area (Å²) in [6, 6.07) is 16.4. The number of anilines is 1. The molecule has 2 aromatic carbocycles. The molecule has 23 heavy (non-hydrogen) atoms. The fourth-order valence-corrected chi connectivity index (χ4v) is 2.39. The molecule has 1 N–H and O–H groups in total. The molecule has 1 heterocycles. The van der Waals surface area contributed by atoms with Gasteiger partial charge in [0.1, 0.15) is 5.58 Å². The Bertz CT molecular complexity index is 894. The Morgan fingerprint density at radius 3 is 2.61 bits per heavy atom. The van der Waals surface area contributed by atoms with E-state index in [9.17, 15) is 9.59 Å². The van der Waals surface area contributed by atoms with Crippen LogP contribution in [-0.2, 0) is 11.2 Å². The Morgan fingerprint density at radius 2 is 1.83 bits per heavy atom. The van der Waals surface area contributed by atoms with Gasteiger partial charge in [-0.3, -0.25) is 4.79 Å². The van der Waals surface area contributed by atoms with Crippen molar-refractivity contribution in [2.75, 3.05) is 5.32 Å². The van der Waals surface area contributed by atoms with Gasteiger partial charge in [0.05, 0.1) is 0 Å². The lowest BCUT2D eigenvalue weighted by Gasteiger charge is -2.06. The summed E-state index contributed by atoms with van der Waals surface area (Å²) in [5, 5.41) is 3.65. The van der Waals surface area contributed by atoms with Gasteiger partial charge in [0.25, 0.3) is 0 Å². The molecule has 0 aliphatic heterocycles. The number of rotatable bonds is 4. The number of fused-ring (bicyclic) bond motifs is 1. The van der Waals surface area contributed by atoms with Crippen molar-refractivity contribution in [1.82, 2.24) is 0 Å². The maximum atomic E-state index is 12.1. The Hall–Kier alpha value is -2.88. The molecule has 0 unspecified atom stereocenters. The van der Waals surface area contributed by atoms with Gasteiger partial charge in [-0.2, -0.15) is 0 Å². The minimum atomic E-state index is -0.382. The van der Waals surface area contributed by atoms with Gasteiger partial charge in [0.2, 0.25) is 5.91 Å². The van der Waals surface area contributed by atoms with E-state index in [0.29, 0.717) is 24.1 Å². The van der Waals surface area contributed by atoms with Crippen molar-refractivity contribution in [3.05, 3.63) is 76.1 Å². The van der Waals surface area contributed by atoms with Gasteiger partial charge < -0.3 is 9.73 Å². The van der Waals surface area contributed by atoms with Crippen LogP contribution in [0.25, 0.3) is 11.0 Å². The third-order valence-electron chi connectivity index (χ3n) is 3.66. The first-order chi connectivity index (χ1) is 11.1. The molecule has 0 radical (unpaired) electrons. The molecule has 3 rings (SSSR count). The minimum absolute atomic E-state index is 0.0395. The summed E-state index contributed by atoms with van der Waals surface area (Å²) in [5.74, 6) is -0.0395. The van der Waals surface area contributed by atoms with Gasteiger partial charge in [-0.25, -0.2) is 4.79 Å². The predicted molar refractivity (Wildman–Crippen MR) is 90.6 cm³/mol. The second-order valence-corrected chi connectivity index (χ2v) is 5.54. The maximum absolute atomic E-state index is 12.1. The van der Waals surface area contributed by atoms with Gasteiger partial charge in [-0.05, 0) is 43.2 Å². The lowest BCUT2D eigenvalue weighted by Crippen LogP contribution is -2.12. The van der Waals surface area contributed by atoms with Gasteiger partial charge in [-0.1, -0.05) is 29.8 Å². The van der Waals surface area contributed by atoms with E-state index in [1.807, 2.05) is 31.2 Å². The number of amides is 1. The van der Waals surface area contributed by atoms with Crippen LogP contribution in [0.2, 0.25) is 0 Å². The van der Waals surface area contributed by atoms with Crippen LogP contribution in [-0.4, -0.2) is 5.91 Å². The van der Waals surface area contributed by atoms with Gasteiger partial charge in [-0.15, -0.1) is 0 Å². The van der Waals surface area contributed by atoms with Crippen LogP contribution in [0.3, 0.4) is 0 Å². The van der Waals surface area contributed by atoms with E-state index < -0.39 is 0 Å². The van der Waals surface area contributed by atoms with Crippen LogP contribution >= 0.6 is 0 Å².